The SMILES string of the molecule is CC(C)Oc1c(Br)cc(CNc2nn[nH]n2)cc1Br. The Morgan fingerprint density at radius 2 is 2.00 bits per heavy atom. The average Bonchev–Trinajstić information content (AvgIpc) is 2.84. The first-order chi connectivity index (χ1) is 9.06. The van der Waals surface area contributed by atoms with Crippen molar-refractivity contribution in [3.63, 3.8) is 0 Å². The van der Waals surface area contributed by atoms with Crippen LogP contribution in [0.1, 0.15) is 19.4 Å². The van der Waals surface area contributed by atoms with Crippen LogP contribution in [0.5, 0.6) is 5.75 Å². The smallest absolute Gasteiger partial charge is 0.263 e. The van der Waals surface area contributed by atoms with Crippen molar-refractivity contribution in [1.29, 1.82) is 0 Å². The summed E-state index contributed by atoms with van der Waals surface area (Å²) in [7, 11) is 0. The summed E-state index contributed by atoms with van der Waals surface area (Å²) in [6.07, 6.45) is 0.121. The zero-order valence-corrected chi connectivity index (χ0v) is 13.6. The maximum atomic E-state index is 5.73. The number of ether oxygens (including phenoxy) is 1. The number of anilines is 1. The number of H-pyrrole nitrogens is 1. The van der Waals surface area contributed by atoms with Gasteiger partial charge in [0.1, 0.15) is 5.75 Å². The van der Waals surface area contributed by atoms with E-state index in [1.165, 1.54) is 0 Å². The van der Waals surface area contributed by atoms with Gasteiger partial charge in [-0.1, -0.05) is 5.10 Å². The first kappa shape index (κ1) is 14.3. The number of hydrogen-bond acceptors (Lipinski definition) is 5. The van der Waals surface area contributed by atoms with E-state index in [1.54, 1.807) is 0 Å². The number of hydrogen-bond donors (Lipinski definition) is 2. The standard InChI is InChI=1S/C11H13Br2N5O/c1-6(2)19-10-8(12)3-7(4-9(10)13)5-14-11-15-17-18-16-11/h3-4,6H,5H2,1-2H3,(H2,14,15,16,17,18). The van der Waals surface area contributed by atoms with E-state index in [1.807, 2.05) is 26.0 Å². The molecule has 0 saturated carbocycles. The van der Waals surface area contributed by atoms with Crippen molar-refractivity contribution in [3.05, 3.63) is 26.6 Å². The van der Waals surface area contributed by atoms with Crippen molar-refractivity contribution >= 4 is 37.8 Å². The number of halogens is 2. The van der Waals surface area contributed by atoms with Gasteiger partial charge in [0.2, 0.25) is 0 Å². The molecule has 0 amide bonds. The summed E-state index contributed by atoms with van der Waals surface area (Å²) in [5.41, 5.74) is 1.07. The van der Waals surface area contributed by atoms with Gasteiger partial charge in [-0.3, -0.25) is 0 Å². The monoisotopic (exact) mass is 389 g/mol. The molecular formula is C11H13Br2N5O. The number of aromatic nitrogens is 4. The lowest BCUT2D eigenvalue weighted by Crippen LogP contribution is -2.07. The highest BCUT2D eigenvalue weighted by Gasteiger charge is 2.10. The lowest BCUT2D eigenvalue weighted by atomic mass is 10.2. The Balaban J connectivity index is 2.10. The highest BCUT2D eigenvalue weighted by Crippen LogP contribution is 2.35. The molecular weight excluding hydrogens is 378 g/mol. The van der Waals surface area contributed by atoms with Crippen LogP contribution in [0, 0.1) is 0 Å². The first-order valence-corrected chi connectivity index (χ1v) is 7.26. The minimum absolute atomic E-state index is 0.121. The van der Waals surface area contributed by atoms with Crippen molar-refractivity contribution in [3.8, 4) is 5.75 Å². The van der Waals surface area contributed by atoms with E-state index in [2.05, 4.69) is 57.8 Å². The number of nitrogens with one attached hydrogen (secondary N) is 2. The Morgan fingerprint density at radius 3 is 2.53 bits per heavy atom. The molecule has 8 heteroatoms. The van der Waals surface area contributed by atoms with Crippen molar-refractivity contribution in [2.45, 2.75) is 26.5 Å². The van der Waals surface area contributed by atoms with Gasteiger partial charge in [-0.25, -0.2) is 0 Å². The minimum Gasteiger partial charge on any atom is -0.489 e. The van der Waals surface area contributed by atoms with Crippen LogP contribution < -0.4 is 10.1 Å². The quantitative estimate of drug-likeness (QED) is 0.820. The summed E-state index contributed by atoms with van der Waals surface area (Å²) in [5, 5.41) is 16.6. The molecule has 0 aliphatic heterocycles. The number of aromatic amines is 1. The second-order valence-corrected chi connectivity index (χ2v) is 5.85. The molecule has 1 heterocycles. The van der Waals surface area contributed by atoms with E-state index in [0.29, 0.717) is 12.5 Å². The third kappa shape index (κ3) is 3.90. The molecule has 1 aromatic carbocycles. The molecule has 0 aliphatic carbocycles. The first-order valence-electron chi connectivity index (χ1n) is 5.68. The van der Waals surface area contributed by atoms with Crippen LogP contribution in [-0.2, 0) is 6.54 Å². The summed E-state index contributed by atoms with van der Waals surface area (Å²) in [6, 6.07) is 3.99. The van der Waals surface area contributed by atoms with E-state index in [4.69, 9.17) is 4.74 Å². The summed E-state index contributed by atoms with van der Waals surface area (Å²) in [5.74, 6) is 1.27. The van der Waals surface area contributed by atoms with Crippen LogP contribution in [0.15, 0.2) is 21.1 Å². The molecule has 2 N–H and O–H groups in total. The molecule has 2 rings (SSSR count). The summed E-state index contributed by atoms with van der Waals surface area (Å²) < 4.78 is 7.53. The zero-order chi connectivity index (χ0) is 13.8. The van der Waals surface area contributed by atoms with Crippen molar-refractivity contribution in [2.75, 3.05) is 5.32 Å². The second-order valence-electron chi connectivity index (χ2n) is 4.14. The van der Waals surface area contributed by atoms with Gasteiger partial charge in [0, 0.05) is 6.54 Å². The van der Waals surface area contributed by atoms with Crippen LogP contribution >= 0.6 is 31.9 Å². The molecule has 2 aromatic rings. The lowest BCUT2D eigenvalue weighted by molar-refractivity contribution is 0.239. The predicted octanol–water partition coefficient (Wildman–Crippen LogP) is 3.12. The van der Waals surface area contributed by atoms with Gasteiger partial charge in [0.05, 0.1) is 15.0 Å². The van der Waals surface area contributed by atoms with Crippen LogP contribution in [0.25, 0.3) is 0 Å². The molecule has 0 radical (unpaired) electrons. The van der Waals surface area contributed by atoms with E-state index >= 15 is 0 Å². The maximum Gasteiger partial charge on any atom is 0.263 e. The van der Waals surface area contributed by atoms with Crippen LogP contribution in [0.3, 0.4) is 0 Å². The Hall–Kier alpha value is -1.15. The van der Waals surface area contributed by atoms with Gasteiger partial charge in [0.25, 0.3) is 5.95 Å². The molecule has 0 fully saturated rings. The summed E-state index contributed by atoms with van der Waals surface area (Å²) in [4.78, 5) is 0. The summed E-state index contributed by atoms with van der Waals surface area (Å²) >= 11 is 7.03. The van der Waals surface area contributed by atoms with Crippen LogP contribution in [-0.4, -0.2) is 26.7 Å². The van der Waals surface area contributed by atoms with Gasteiger partial charge < -0.3 is 10.1 Å². The van der Waals surface area contributed by atoms with Gasteiger partial charge in [0.15, 0.2) is 0 Å². The van der Waals surface area contributed by atoms with Crippen molar-refractivity contribution in [2.24, 2.45) is 0 Å². The molecule has 0 atom stereocenters. The fourth-order valence-corrected chi connectivity index (χ4v) is 2.95. The van der Waals surface area contributed by atoms with E-state index in [9.17, 15) is 0 Å². The van der Waals surface area contributed by atoms with Gasteiger partial charge >= 0.3 is 0 Å². The Labute approximate surface area is 127 Å². The van der Waals surface area contributed by atoms with Crippen molar-refractivity contribution in [1.82, 2.24) is 20.6 Å². The fourth-order valence-electron chi connectivity index (χ4n) is 1.48. The maximum absolute atomic E-state index is 5.73. The second kappa shape index (κ2) is 6.33. The molecule has 102 valence electrons. The zero-order valence-electron chi connectivity index (χ0n) is 10.4. The lowest BCUT2D eigenvalue weighted by Gasteiger charge is -2.14. The van der Waals surface area contributed by atoms with E-state index in [-0.39, 0.29) is 6.10 Å². The largest absolute Gasteiger partial charge is 0.489 e. The molecule has 1 aromatic heterocycles. The fraction of sp³-hybridized carbons (Fsp3) is 0.364. The van der Waals surface area contributed by atoms with Crippen LogP contribution in [0.4, 0.5) is 5.95 Å². The molecule has 0 bridgehead atoms. The molecule has 0 saturated heterocycles. The summed E-state index contributed by atoms with van der Waals surface area (Å²) in [6.45, 7) is 4.58. The third-order valence-electron chi connectivity index (χ3n) is 2.21. The minimum atomic E-state index is 0.121. The van der Waals surface area contributed by atoms with Gasteiger partial charge in [-0.2, -0.15) is 5.21 Å². The predicted molar refractivity (Wildman–Crippen MR) is 79.1 cm³/mol. The van der Waals surface area contributed by atoms with E-state index in [0.717, 1.165) is 20.3 Å². The number of benzene rings is 1. The number of tetrazole rings is 1. The van der Waals surface area contributed by atoms with Crippen LogP contribution in [0.2, 0.25) is 0 Å². The highest BCUT2D eigenvalue weighted by atomic mass is 79.9. The third-order valence-corrected chi connectivity index (χ3v) is 3.39. The van der Waals surface area contributed by atoms with E-state index < -0.39 is 0 Å². The van der Waals surface area contributed by atoms with Crippen molar-refractivity contribution < 1.29 is 4.74 Å². The number of rotatable bonds is 5. The number of nitrogens with zero attached hydrogens (tertiary/aromatic N) is 3. The Bertz CT molecular complexity index is 521. The molecule has 6 nitrogen and oxygen atoms in total. The van der Waals surface area contributed by atoms with Gasteiger partial charge in [-0.15, -0.1) is 5.10 Å². The average molecular weight is 391 g/mol. The topological polar surface area (TPSA) is 75.7 Å². The Kier molecular flexibility index (Phi) is 4.76. The molecule has 19 heavy (non-hydrogen) atoms. The normalized spacial score (nSPS) is 10.8. The molecule has 0 spiro atoms. The van der Waals surface area contributed by atoms with Gasteiger partial charge in [-0.05, 0) is 68.6 Å². The molecule has 0 aliphatic rings. The Morgan fingerprint density at radius 1 is 1.32 bits per heavy atom. The molecule has 0 unspecified atom stereocenters. The highest BCUT2D eigenvalue weighted by molar-refractivity contribution is 9.11.